The first-order valence-electron chi connectivity index (χ1n) is 6.98. The molecule has 0 amide bonds. The van der Waals surface area contributed by atoms with Gasteiger partial charge in [-0.2, -0.15) is 0 Å². The van der Waals surface area contributed by atoms with Crippen molar-refractivity contribution < 1.29 is 4.74 Å². The van der Waals surface area contributed by atoms with Crippen molar-refractivity contribution in [3.63, 3.8) is 0 Å². The lowest BCUT2D eigenvalue weighted by Gasteiger charge is -2.17. The lowest BCUT2D eigenvalue weighted by Crippen LogP contribution is -2.27. The Hall–Kier alpha value is -1.83. The lowest BCUT2D eigenvalue weighted by atomic mass is 10.1. The molecule has 0 radical (unpaired) electrons. The Morgan fingerprint density at radius 3 is 2.64 bits per heavy atom. The minimum Gasteiger partial charge on any atom is -0.479 e. The van der Waals surface area contributed by atoms with E-state index in [-0.39, 0.29) is 12.2 Å². The number of benzene rings is 1. The summed E-state index contributed by atoms with van der Waals surface area (Å²) in [7, 11) is 0. The lowest BCUT2D eigenvalue weighted by molar-refractivity contribution is 0.356. The molecule has 0 unspecified atom stereocenters. The predicted molar refractivity (Wildman–Crippen MR) is 87.7 cm³/mol. The number of terminal acetylenes is 1. The second-order valence-corrected chi connectivity index (χ2v) is 5.83. The molecule has 1 aromatic heterocycles. The van der Waals surface area contributed by atoms with Gasteiger partial charge in [0.2, 0.25) is 0 Å². The van der Waals surface area contributed by atoms with E-state index in [9.17, 15) is 4.79 Å². The highest BCUT2D eigenvalue weighted by atomic mass is 35.5. The van der Waals surface area contributed by atoms with E-state index in [1.54, 1.807) is 22.9 Å². The van der Waals surface area contributed by atoms with Gasteiger partial charge in [-0.1, -0.05) is 35.2 Å². The van der Waals surface area contributed by atoms with E-state index in [0.29, 0.717) is 33.6 Å². The molecule has 4 nitrogen and oxygen atoms in total. The highest BCUT2D eigenvalue weighted by molar-refractivity contribution is 6.33. The minimum absolute atomic E-state index is 0.0880. The average Bonchev–Trinajstić information content (AvgIpc) is 2.79. The normalized spacial score (nSPS) is 13.5. The highest BCUT2D eigenvalue weighted by Gasteiger charge is 2.22. The van der Waals surface area contributed by atoms with Gasteiger partial charge >= 0.3 is 0 Å². The number of nitrogens with zero attached hydrogens (tertiary/aromatic N) is 2. The van der Waals surface area contributed by atoms with E-state index in [1.807, 2.05) is 4.68 Å². The molecule has 0 N–H and O–H groups in total. The predicted octanol–water partition coefficient (Wildman–Crippen LogP) is 3.43. The van der Waals surface area contributed by atoms with E-state index < -0.39 is 0 Å². The Bertz CT molecular complexity index is 815. The van der Waals surface area contributed by atoms with Crippen LogP contribution in [-0.2, 0) is 13.1 Å². The van der Waals surface area contributed by atoms with Gasteiger partial charge < -0.3 is 4.74 Å². The number of ether oxygens (including phenoxy) is 1. The zero-order valence-electron chi connectivity index (χ0n) is 11.8. The Morgan fingerprint density at radius 2 is 1.95 bits per heavy atom. The number of rotatable bonds is 3. The van der Waals surface area contributed by atoms with Crippen LogP contribution in [0.2, 0.25) is 10.2 Å². The number of hydrogen-bond donors (Lipinski definition) is 0. The van der Waals surface area contributed by atoms with Gasteiger partial charge in [0.25, 0.3) is 5.56 Å². The van der Waals surface area contributed by atoms with Crippen LogP contribution in [0.15, 0.2) is 23.0 Å². The average molecular weight is 337 g/mol. The third kappa shape index (κ3) is 2.51. The quantitative estimate of drug-likeness (QED) is 0.805. The summed E-state index contributed by atoms with van der Waals surface area (Å²) < 4.78 is 8.93. The van der Waals surface area contributed by atoms with Gasteiger partial charge in [-0.15, -0.1) is 6.42 Å². The molecule has 0 spiro atoms. The van der Waals surface area contributed by atoms with Crippen molar-refractivity contribution >= 4 is 23.2 Å². The first-order valence-corrected chi connectivity index (χ1v) is 7.74. The van der Waals surface area contributed by atoms with Crippen LogP contribution in [0.4, 0.5) is 0 Å². The monoisotopic (exact) mass is 336 g/mol. The van der Waals surface area contributed by atoms with Crippen LogP contribution in [0, 0.1) is 12.3 Å². The topological polar surface area (TPSA) is 36.2 Å². The van der Waals surface area contributed by atoms with Gasteiger partial charge in [-0.25, -0.2) is 4.68 Å². The number of fused-ring (bicyclic) bond motifs is 1. The minimum atomic E-state index is -0.0880. The molecule has 114 valence electrons. The zero-order chi connectivity index (χ0) is 15.7. The van der Waals surface area contributed by atoms with Crippen molar-refractivity contribution in [3.05, 3.63) is 38.7 Å². The maximum absolute atomic E-state index is 12.6. The van der Waals surface area contributed by atoms with E-state index in [1.165, 1.54) is 0 Å². The van der Waals surface area contributed by atoms with Gasteiger partial charge in [0, 0.05) is 13.1 Å². The van der Waals surface area contributed by atoms with Crippen molar-refractivity contribution in [1.29, 1.82) is 0 Å². The Labute approximate surface area is 138 Å². The van der Waals surface area contributed by atoms with E-state index in [0.717, 1.165) is 19.4 Å². The maximum Gasteiger partial charge on any atom is 0.276 e. The molecule has 2 heterocycles. The van der Waals surface area contributed by atoms with Crippen LogP contribution in [0.3, 0.4) is 0 Å². The van der Waals surface area contributed by atoms with Crippen molar-refractivity contribution in [2.45, 2.75) is 25.9 Å². The van der Waals surface area contributed by atoms with Crippen LogP contribution in [-0.4, -0.2) is 16.0 Å². The SMILES string of the molecule is C#CCOc1cc(-c2c(Cl)n3n(c2=O)CCCC3)ccc1Cl. The summed E-state index contributed by atoms with van der Waals surface area (Å²) >= 11 is 12.5. The van der Waals surface area contributed by atoms with Crippen LogP contribution < -0.4 is 10.3 Å². The van der Waals surface area contributed by atoms with Crippen molar-refractivity contribution in [2.75, 3.05) is 6.61 Å². The first kappa shape index (κ1) is 15.1. The fraction of sp³-hybridized carbons (Fsp3) is 0.312. The Balaban J connectivity index is 2.11. The van der Waals surface area contributed by atoms with Gasteiger partial charge in [0.1, 0.15) is 17.5 Å². The molecular weight excluding hydrogens is 323 g/mol. The standard InChI is InChI=1S/C16H14Cl2N2O2/c1-2-9-22-13-10-11(5-6-12(13)17)14-15(18)19-7-3-4-8-20(19)16(14)21/h1,5-6,10H,3-4,7-9H2. The molecule has 6 heteroatoms. The van der Waals surface area contributed by atoms with Gasteiger partial charge in [0.15, 0.2) is 0 Å². The largest absolute Gasteiger partial charge is 0.479 e. The molecule has 0 saturated carbocycles. The molecule has 0 saturated heterocycles. The summed E-state index contributed by atoms with van der Waals surface area (Å²) in [6, 6.07) is 5.15. The third-order valence-electron chi connectivity index (χ3n) is 3.69. The van der Waals surface area contributed by atoms with Crippen LogP contribution in [0.5, 0.6) is 5.75 Å². The smallest absolute Gasteiger partial charge is 0.276 e. The molecule has 22 heavy (non-hydrogen) atoms. The van der Waals surface area contributed by atoms with Crippen LogP contribution >= 0.6 is 23.2 Å². The number of aromatic nitrogens is 2. The Kier molecular flexibility index (Phi) is 4.19. The molecule has 2 aromatic rings. The molecule has 1 aliphatic rings. The molecule has 1 aromatic carbocycles. The third-order valence-corrected chi connectivity index (χ3v) is 4.39. The Morgan fingerprint density at radius 1 is 1.23 bits per heavy atom. The van der Waals surface area contributed by atoms with Crippen LogP contribution in [0.25, 0.3) is 11.1 Å². The van der Waals surface area contributed by atoms with Gasteiger partial charge in [-0.3, -0.25) is 9.48 Å². The molecule has 0 bridgehead atoms. The van der Waals surface area contributed by atoms with Gasteiger partial charge in [0.05, 0.1) is 10.6 Å². The second kappa shape index (κ2) is 6.12. The van der Waals surface area contributed by atoms with Crippen LogP contribution in [0.1, 0.15) is 12.8 Å². The van der Waals surface area contributed by atoms with E-state index >= 15 is 0 Å². The zero-order valence-corrected chi connectivity index (χ0v) is 13.3. The molecule has 0 atom stereocenters. The van der Waals surface area contributed by atoms with Crippen molar-refractivity contribution in [1.82, 2.24) is 9.36 Å². The number of hydrogen-bond acceptors (Lipinski definition) is 2. The number of halogens is 2. The summed E-state index contributed by atoms with van der Waals surface area (Å²) in [5.74, 6) is 2.83. The maximum atomic E-state index is 12.6. The highest BCUT2D eigenvalue weighted by Crippen LogP contribution is 2.33. The van der Waals surface area contributed by atoms with Crippen molar-refractivity contribution in [3.8, 4) is 29.2 Å². The molecule has 3 rings (SSSR count). The van der Waals surface area contributed by atoms with Gasteiger partial charge in [-0.05, 0) is 30.5 Å². The summed E-state index contributed by atoms with van der Waals surface area (Å²) in [5.41, 5.74) is 1.07. The summed E-state index contributed by atoms with van der Waals surface area (Å²) in [6.07, 6.45) is 7.20. The van der Waals surface area contributed by atoms with Crippen molar-refractivity contribution in [2.24, 2.45) is 0 Å². The molecule has 0 fully saturated rings. The fourth-order valence-corrected chi connectivity index (χ4v) is 3.20. The van der Waals surface area contributed by atoms with E-state index in [2.05, 4.69) is 5.92 Å². The molecular formula is C16H14Cl2N2O2. The summed E-state index contributed by atoms with van der Waals surface area (Å²) in [6.45, 7) is 1.55. The van der Waals surface area contributed by atoms with E-state index in [4.69, 9.17) is 34.4 Å². The summed E-state index contributed by atoms with van der Waals surface area (Å²) in [5, 5.41) is 0.897. The summed E-state index contributed by atoms with van der Waals surface area (Å²) in [4.78, 5) is 12.6. The fourth-order valence-electron chi connectivity index (χ4n) is 2.66. The molecule has 1 aliphatic heterocycles. The first-order chi connectivity index (χ1) is 10.6. The second-order valence-electron chi connectivity index (χ2n) is 5.06. The molecule has 0 aliphatic carbocycles.